The van der Waals surface area contributed by atoms with Crippen molar-refractivity contribution >= 4 is 19.2 Å². The third-order valence-electron chi connectivity index (χ3n) is 12.6. The molecule has 2 aromatic rings. The minimum atomic E-state index is -2.11. The van der Waals surface area contributed by atoms with Crippen molar-refractivity contribution in [2.24, 2.45) is 29.6 Å². The Labute approximate surface area is 242 Å². The van der Waals surface area contributed by atoms with E-state index in [9.17, 15) is 5.21 Å². The van der Waals surface area contributed by atoms with E-state index in [2.05, 4.69) is 81.8 Å². The number of hydrogen-bond acceptors (Lipinski definition) is 3. The van der Waals surface area contributed by atoms with Crippen LogP contribution in [0.25, 0.3) is 10.9 Å². The van der Waals surface area contributed by atoms with Crippen molar-refractivity contribution in [1.82, 2.24) is 4.90 Å². The molecular weight excluding hydrogens is 508 g/mol. The van der Waals surface area contributed by atoms with Crippen LogP contribution in [-0.4, -0.2) is 32.3 Å². The van der Waals surface area contributed by atoms with Crippen LogP contribution in [0.3, 0.4) is 0 Å². The summed E-state index contributed by atoms with van der Waals surface area (Å²) in [7, 11) is -2.11. The number of fused-ring (bicyclic) bond motifs is 4. The predicted octanol–water partition coefficient (Wildman–Crippen LogP) is 7.90. The minimum Gasteiger partial charge on any atom is -0.618 e. The van der Waals surface area contributed by atoms with Crippen LogP contribution in [0, 0.1) is 34.8 Å². The molecule has 5 atom stereocenters. The van der Waals surface area contributed by atoms with Gasteiger partial charge in [-0.2, -0.15) is 4.73 Å². The molecule has 4 heterocycles. The van der Waals surface area contributed by atoms with E-state index in [1.54, 1.807) is 0 Å². The van der Waals surface area contributed by atoms with Crippen LogP contribution < -0.4 is 4.73 Å². The van der Waals surface area contributed by atoms with Gasteiger partial charge in [-0.15, -0.1) is 6.58 Å². The quantitative estimate of drug-likeness (QED) is 0.157. The normalized spacial score (nSPS) is 37.7. The van der Waals surface area contributed by atoms with Gasteiger partial charge in [0.1, 0.15) is 0 Å². The van der Waals surface area contributed by atoms with Gasteiger partial charge in [0.25, 0.3) is 0 Å². The monoisotopic (exact) mass is 558 g/mol. The molecule has 7 fully saturated rings. The molecule has 0 N–H and O–H groups in total. The van der Waals surface area contributed by atoms with Crippen LogP contribution in [0.5, 0.6) is 0 Å². The fourth-order valence-corrected chi connectivity index (χ4v) is 11.1. The van der Waals surface area contributed by atoms with E-state index in [1.165, 1.54) is 55.2 Å². The summed E-state index contributed by atoms with van der Waals surface area (Å²) in [4.78, 5) is 2.71. The van der Waals surface area contributed by atoms with Crippen molar-refractivity contribution in [1.29, 1.82) is 0 Å². The van der Waals surface area contributed by atoms with Crippen molar-refractivity contribution in [3.05, 3.63) is 59.5 Å². The fraction of sp³-hybridized carbons (Fsp3) is 0.686. The maximum absolute atomic E-state index is 14.3. The first-order valence-corrected chi connectivity index (χ1v) is 19.1. The molecule has 6 bridgehead atoms. The first-order chi connectivity index (χ1) is 19.0. The molecule has 0 spiro atoms. The maximum Gasteiger partial charge on any atom is 0.224 e. The van der Waals surface area contributed by atoms with E-state index in [1.807, 2.05) is 0 Å². The molecule has 0 radical (unpaired) electrons. The minimum absolute atomic E-state index is 0.0202. The number of nitrogens with zero attached hydrogens (tertiary/aromatic N) is 2. The van der Waals surface area contributed by atoms with Crippen molar-refractivity contribution in [3.8, 4) is 0 Å². The Balaban J connectivity index is 1.39. The van der Waals surface area contributed by atoms with Crippen LogP contribution in [0.1, 0.15) is 89.5 Å². The number of benzene rings is 1. The summed E-state index contributed by atoms with van der Waals surface area (Å²) in [5.41, 5.74) is 3.22. The molecule has 40 heavy (non-hydrogen) atoms. The Bertz CT molecular complexity index is 1280. The van der Waals surface area contributed by atoms with Gasteiger partial charge in [-0.25, -0.2) is 0 Å². The molecular formula is C35H50N2O2Si. The topological polar surface area (TPSA) is 39.4 Å². The van der Waals surface area contributed by atoms with Crippen molar-refractivity contribution in [2.45, 2.75) is 108 Å². The number of pyridine rings is 1. The van der Waals surface area contributed by atoms with Crippen molar-refractivity contribution in [2.75, 3.05) is 13.1 Å². The second-order valence-corrected chi connectivity index (χ2v) is 20.8. The highest BCUT2D eigenvalue weighted by Crippen LogP contribution is 2.60. The number of para-hydroxylation sites is 1. The average molecular weight is 559 g/mol. The van der Waals surface area contributed by atoms with E-state index in [4.69, 9.17) is 4.43 Å². The molecule has 3 saturated heterocycles. The Morgan fingerprint density at radius 3 is 2.30 bits per heavy atom. The van der Waals surface area contributed by atoms with Crippen LogP contribution in [0.2, 0.25) is 18.1 Å². The maximum atomic E-state index is 14.3. The van der Waals surface area contributed by atoms with Gasteiger partial charge in [-0.1, -0.05) is 39.0 Å². The van der Waals surface area contributed by atoms with Crippen molar-refractivity contribution in [3.63, 3.8) is 0 Å². The summed E-state index contributed by atoms with van der Waals surface area (Å²) in [5.74, 6) is 3.67. The van der Waals surface area contributed by atoms with Crippen LogP contribution in [0.15, 0.2) is 43.0 Å². The lowest BCUT2D eigenvalue weighted by Crippen LogP contribution is -2.57. The molecule has 3 aliphatic heterocycles. The third-order valence-corrected chi connectivity index (χ3v) is 17.0. The lowest BCUT2D eigenvalue weighted by atomic mass is 9.48. The third kappa shape index (κ3) is 4.24. The largest absolute Gasteiger partial charge is 0.618 e. The molecule has 1 unspecified atom stereocenters. The van der Waals surface area contributed by atoms with Crippen molar-refractivity contribution < 1.29 is 9.16 Å². The van der Waals surface area contributed by atoms with Gasteiger partial charge in [0.05, 0.1) is 16.9 Å². The molecule has 1 aromatic heterocycles. The number of aromatic nitrogens is 1. The first-order valence-electron chi connectivity index (χ1n) is 16.2. The molecule has 216 valence electrons. The van der Waals surface area contributed by atoms with Crippen LogP contribution in [-0.2, 0) is 9.84 Å². The molecule has 1 aromatic carbocycles. The summed E-state index contributed by atoms with van der Waals surface area (Å²) >= 11 is 0. The summed E-state index contributed by atoms with van der Waals surface area (Å²) < 4.78 is 8.89. The smallest absolute Gasteiger partial charge is 0.224 e. The van der Waals surface area contributed by atoms with Gasteiger partial charge in [-0.3, -0.25) is 4.90 Å². The highest BCUT2D eigenvalue weighted by Gasteiger charge is 2.56. The summed E-state index contributed by atoms with van der Waals surface area (Å²) in [6, 6.07) is 11.1. The Morgan fingerprint density at radius 1 is 1.07 bits per heavy atom. The lowest BCUT2D eigenvalue weighted by molar-refractivity contribution is -0.592. The van der Waals surface area contributed by atoms with E-state index in [0.29, 0.717) is 17.9 Å². The molecule has 9 rings (SSSR count). The summed E-state index contributed by atoms with van der Waals surface area (Å²) in [6.45, 7) is 18.3. The molecule has 4 nitrogen and oxygen atoms in total. The summed E-state index contributed by atoms with van der Waals surface area (Å²) in [6.07, 6.45) is 12.4. The van der Waals surface area contributed by atoms with E-state index in [0.717, 1.165) is 53.9 Å². The Morgan fingerprint density at radius 2 is 1.73 bits per heavy atom. The van der Waals surface area contributed by atoms with E-state index >= 15 is 0 Å². The molecule has 7 aliphatic rings. The molecule has 0 amide bonds. The highest BCUT2D eigenvalue weighted by molar-refractivity contribution is 6.74. The highest BCUT2D eigenvalue weighted by atomic mass is 28.4. The fourth-order valence-electron chi connectivity index (χ4n) is 9.87. The Hall–Kier alpha value is -1.69. The average Bonchev–Trinajstić information content (AvgIpc) is 2.91. The zero-order chi connectivity index (χ0) is 28.0. The van der Waals surface area contributed by atoms with Gasteiger partial charge in [-0.05, 0) is 112 Å². The molecule has 4 aliphatic carbocycles. The van der Waals surface area contributed by atoms with Crippen LogP contribution >= 0.6 is 0 Å². The van der Waals surface area contributed by atoms with Crippen LogP contribution in [0.4, 0.5) is 0 Å². The first kappa shape index (κ1) is 27.2. The van der Waals surface area contributed by atoms with E-state index < -0.39 is 8.32 Å². The zero-order valence-electron chi connectivity index (χ0n) is 25.5. The van der Waals surface area contributed by atoms with Gasteiger partial charge in [0, 0.05) is 30.3 Å². The molecule has 4 saturated carbocycles. The SMILES string of the molecule is C=C[C@H]1CN2CC[C@H]1C[C@@H]2[C@@H](O[Si](C)(C)C(C)(C)C)c1cc(C23CC4CC(CC(C4)C2)C3)[n+]([O-])c2ccccc12. The standard InChI is InChI=1S/C35H50N2O2Si/c1-7-26-22-36-13-12-27(26)17-31(36)33(39-40(5,6)34(2,3)4)29-18-32(37(38)30-11-9-8-10-28(29)30)35-19-23-14-24(20-35)16-25(15-23)21-35/h7-11,18,23-27,31,33H,1,12-17,19-22H2,2-6H3/t23?,24?,25?,26-,27-,31+,33-,35?/m0/s1. The van der Waals surface area contributed by atoms with Gasteiger partial charge >= 0.3 is 0 Å². The van der Waals surface area contributed by atoms with Gasteiger partial charge in [0.2, 0.25) is 5.52 Å². The Kier molecular flexibility index (Phi) is 6.39. The number of rotatable bonds is 6. The second-order valence-electron chi connectivity index (χ2n) is 16.0. The summed E-state index contributed by atoms with van der Waals surface area (Å²) in [5, 5.41) is 15.5. The second kappa shape index (κ2) is 9.41. The van der Waals surface area contributed by atoms with Gasteiger partial charge < -0.3 is 9.63 Å². The predicted molar refractivity (Wildman–Crippen MR) is 166 cm³/mol. The lowest BCUT2D eigenvalue weighted by Gasteiger charge is -2.55. The van der Waals surface area contributed by atoms with E-state index in [-0.39, 0.29) is 16.6 Å². The molecule has 5 heteroatoms. The van der Waals surface area contributed by atoms with Gasteiger partial charge in [0.15, 0.2) is 14.0 Å². The zero-order valence-corrected chi connectivity index (χ0v) is 26.5. The number of piperidine rings is 3. The number of hydrogen-bond donors (Lipinski definition) is 0.